The molecule has 0 aromatic heterocycles. The first-order chi connectivity index (χ1) is 10.4. The van der Waals surface area contributed by atoms with E-state index in [2.05, 4.69) is 22.2 Å². The third kappa shape index (κ3) is 6.51. The Balaban J connectivity index is 2.74. The van der Waals surface area contributed by atoms with E-state index in [9.17, 15) is 13.2 Å². The molecular formula is C15H20F3N3O. The average molecular weight is 315 g/mol. The summed E-state index contributed by atoms with van der Waals surface area (Å²) in [5, 5.41) is 5.98. The van der Waals surface area contributed by atoms with Crippen molar-refractivity contribution in [1.82, 2.24) is 10.6 Å². The molecule has 1 aromatic rings. The number of nitrogens with zero attached hydrogens (tertiary/aromatic N) is 1. The van der Waals surface area contributed by atoms with E-state index in [1.54, 1.807) is 32.2 Å². The number of nitrogens with one attached hydrogen (secondary N) is 2. The molecule has 0 unspecified atom stereocenters. The summed E-state index contributed by atoms with van der Waals surface area (Å²) in [5.74, 6) is 0.742. The number of ether oxygens (including phenoxy) is 1. The molecule has 0 saturated heterocycles. The van der Waals surface area contributed by atoms with Crippen molar-refractivity contribution in [1.29, 1.82) is 0 Å². The van der Waals surface area contributed by atoms with E-state index in [0.29, 0.717) is 24.6 Å². The Hall–Kier alpha value is -2.18. The molecule has 0 atom stereocenters. The number of hydrogen-bond acceptors (Lipinski definition) is 2. The Morgan fingerprint density at radius 2 is 2.09 bits per heavy atom. The molecule has 7 heteroatoms. The van der Waals surface area contributed by atoms with Gasteiger partial charge in [-0.15, -0.1) is 6.58 Å². The molecule has 4 nitrogen and oxygen atoms in total. The van der Waals surface area contributed by atoms with Crippen LogP contribution in [-0.4, -0.2) is 32.3 Å². The zero-order valence-electron chi connectivity index (χ0n) is 12.6. The summed E-state index contributed by atoms with van der Waals surface area (Å²) in [5.41, 5.74) is 1.45. The standard InChI is InChI=1S/C15H20F3N3O/c1-4-7-20-14(19-3)21-9-12-6-5-11(2)8-13(12)22-10-15(16,17)18/h4-6,8H,1,7,9-10H2,2-3H3,(H2,19,20,21). The van der Waals surface area contributed by atoms with Gasteiger partial charge in [0.05, 0.1) is 0 Å². The molecule has 1 aromatic carbocycles. The molecule has 0 fully saturated rings. The number of aliphatic imine (C=N–C) groups is 1. The van der Waals surface area contributed by atoms with E-state index < -0.39 is 12.8 Å². The third-order valence-corrected chi connectivity index (χ3v) is 2.70. The van der Waals surface area contributed by atoms with Gasteiger partial charge in [-0.1, -0.05) is 18.2 Å². The maximum atomic E-state index is 12.3. The van der Waals surface area contributed by atoms with Crippen molar-refractivity contribution in [2.24, 2.45) is 4.99 Å². The lowest BCUT2D eigenvalue weighted by Gasteiger charge is -2.16. The molecule has 0 aliphatic rings. The van der Waals surface area contributed by atoms with Crippen LogP contribution in [0, 0.1) is 6.92 Å². The molecule has 0 aliphatic carbocycles. The topological polar surface area (TPSA) is 45.7 Å². The highest BCUT2D eigenvalue weighted by atomic mass is 19.4. The van der Waals surface area contributed by atoms with Crippen molar-refractivity contribution in [2.45, 2.75) is 19.6 Å². The zero-order valence-corrected chi connectivity index (χ0v) is 12.6. The Kier molecular flexibility index (Phi) is 6.75. The molecular weight excluding hydrogens is 295 g/mol. The smallest absolute Gasteiger partial charge is 0.422 e. The Bertz CT molecular complexity index is 527. The fourth-order valence-electron chi connectivity index (χ4n) is 1.67. The van der Waals surface area contributed by atoms with E-state index in [0.717, 1.165) is 5.56 Å². The molecule has 0 heterocycles. The second-order valence-corrected chi connectivity index (χ2v) is 4.61. The largest absolute Gasteiger partial charge is 0.484 e. The number of rotatable bonds is 6. The summed E-state index contributed by atoms with van der Waals surface area (Å²) >= 11 is 0. The number of hydrogen-bond donors (Lipinski definition) is 2. The molecule has 0 amide bonds. The van der Waals surface area contributed by atoms with Crippen molar-refractivity contribution in [3.8, 4) is 5.75 Å². The molecule has 22 heavy (non-hydrogen) atoms. The predicted molar refractivity (Wildman–Crippen MR) is 81.1 cm³/mol. The van der Waals surface area contributed by atoms with Gasteiger partial charge in [-0.3, -0.25) is 4.99 Å². The van der Waals surface area contributed by atoms with Crippen LogP contribution in [0.3, 0.4) is 0 Å². The molecule has 0 radical (unpaired) electrons. The van der Waals surface area contributed by atoms with E-state index in [1.165, 1.54) is 0 Å². The highest BCUT2D eigenvalue weighted by Crippen LogP contribution is 2.23. The maximum Gasteiger partial charge on any atom is 0.422 e. The monoisotopic (exact) mass is 315 g/mol. The van der Waals surface area contributed by atoms with Crippen molar-refractivity contribution < 1.29 is 17.9 Å². The second-order valence-electron chi connectivity index (χ2n) is 4.61. The first-order valence-corrected chi connectivity index (χ1v) is 6.70. The summed E-state index contributed by atoms with van der Waals surface area (Å²) in [4.78, 5) is 4.00. The number of alkyl halides is 3. The SMILES string of the molecule is C=CCNC(=NC)NCc1ccc(C)cc1OCC(F)(F)F. The molecule has 1 rings (SSSR count). The number of benzene rings is 1. The minimum absolute atomic E-state index is 0.212. The van der Waals surface area contributed by atoms with Gasteiger partial charge in [0.25, 0.3) is 0 Å². The maximum absolute atomic E-state index is 12.3. The van der Waals surface area contributed by atoms with Crippen molar-refractivity contribution >= 4 is 5.96 Å². The van der Waals surface area contributed by atoms with Crippen LogP contribution in [0.2, 0.25) is 0 Å². The molecule has 0 bridgehead atoms. The molecule has 0 aliphatic heterocycles. The fraction of sp³-hybridized carbons (Fsp3) is 0.400. The van der Waals surface area contributed by atoms with Crippen molar-refractivity contribution in [3.05, 3.63) is 42.0 Å². The van der Waals surface area contributed by atoms with Gasteiger partial charge in [0.2, 0.25) is 0 Å². The summed E-state index contributed by atoms with van der Waals surface area (Å²) in [6, 6.07) is 5.13. The van der Waals surface area contributed by atoms with Gasteiger partial charge in [0.1, 0.15) is 5.75 Å². The first-order valence-electron chi connectivity index (χ1n) is 6.70. The van der Waals surface area contributed by atoms with Crippen LogP contribution in [0.25, 0.3) is 0 Å². The summed E-state index contributed by atoms with van der Waals surface area (Å²) < 4.78 is 41.8. The zero-order chi connectivity index (χ0) is 16.6. The van der Waals surface area contributed by atoms with Gasteiger partial charge in [-0.2, -0.15) is 13.2 Å². The van der Waals surface area contributed by atoms with E-state index in [-0.39, 0.29) is 5.75 Å². The van der Waals surface area contributed by atoms with Gasteiger partial charge < -0.3 is 15.4 Å². The third-order valence-electron chi connectivity index (χ3n) is 2.70. The lowest BCUT2D eigenvalue weighted by Crippen LogP contribution is -2.36. The number of aryl methyl sites for hydroxylation is 1. The average Bonchev–Trinajstić information content (AvgIpc) is 2.46. The molecule has 122 valence electrons. The van der Waals surface area contributed by atoms with Crippen molar-refractivity contribution in [3.63, 3.8) is 0 Å². The van der Waals surface area contributed by atoms with Gasteiger partial charge in [-0.05, 0) is 18.6 Å². The van der Waals surface area contributed by atoms with Crippen LogP contribution in [0.5, 0.6) is 5.75 Å². The van der Waals surface area contributed by atoms with Crippen LogP contribution in [0.4, 0.5) is 13.2 Å². The first kappa shape index (κ1) is 17.9. The minimum atomic E-state index is -4.37. The summed E-state index contributed by atoms with van der Waals surface area (Å²) in [6.45, 7) is 4.89. The van der Waals surface area contributed by atoms with Gasteiger partial charge >= 0.3 is 6.18 Å². The molecule has 0 spiro atoms. The van der Waals surface area contributed by atoms with Crippen LogP contribution in [0.15, 0.2) is 35.8 Å². The quantitative estimate of drug-likeness (QED) is 0.482. The van der Waals surface area contributed by atoms with Crippen molar-refractivity contribution in [2.75, 3.05) is 20.2 Å². The Labute approximate surface area is 128 Å². The predicted octanol–water partition coefficient (Wildman–Crippen LogP) is 2.79. The number of halogens is 3. The van der Waals surface area contributed by atoms with Crippen LogP contribution in [-0.2, 0) is 6.54 Å². The molecule has 0 saturated carbocycles. The van der Waals surface area contributed by atoms with Gasteiger partial charge in [0, 0.05) is 25.7 Å². The van der Waals surface area contributed by atoms with E-state index in [1.807, 2.05) is 6.07 Å². The molecule has 2 N–H and O–H groups in total. The Morgan fingerprint density at radius 1 is 1.36 bits per heavy atom. The highest BCUT2D eigenvalue weighted by molar-refractivity contribution is 5.79. The van der Waals surface area contributed by atoms with Gasteiger partial charge in [0.15, 0.2) is 12.6 Å². The van der Waals surface area contributed by atoms with Crippen LogP contribution in [0.1, 0.15) is 11.1 Å². The fourth-order valence-corrected chi connectivity index (χ4v) is 1.67. The second kappa shape index (κ2) is 8.31. The highest BCUT2D eigenvalue weighted by Gasteiger charge is 2.28. The Morgan fingerprint density at radius 3 is 2.68 bits per heavy atom. The van der Waals surface area contributed by atoms with E-state index in [4.69, 9.17) is 4.74 Å². The van der Waals surface area contributed by atoms with Crippen LogP contribution >= 0.6 is 0 Å². The van der Waals surface area contributed by atoms with Crippen LogP contribution < -0.4 is 15.4 Å². The summed E-state index contributed by atoms with van der Waals surface area (Å²) in [6.07, 6.45) is -2.69. The lowest BCUT2D eigenvalue weighted by molar-refractivity contribution is -0.153. The lowest BCUT2D eigenvalue weighted by atomic mass is 10.1. The van der Waals surface area contributed by atoms with Gasteiger partial charge in [-0.25, -0.2) is 0 Å². The minimum Gasteiger partial charge on any atom is -0.484 e. The number of guanidine groups is 1. The normalized spacial score (nSPS) is 12.0. The van der Waals surface area contributed by atoms with E-state index >= 15 is 0 Å². The summed E-state index contributed by atoms with van der Waals surface area (Å²) in [7, 11) is 1.61.